The van der Waals surface area contributed by atoms with E-state index in [0.29, 0.717) is 5.75 Å². The standard InChI is InChI=1S/C13H13FINOS/c1-16-13(8-5-12(15)18-7-8)10-6-9(14)3-4-11(10)17-2/h3-7,13,16H,1-2H3. The molecule has 0 radical (unpaired) electrons. The molecule has 0 saturated heterocycles. The van der Waals surface area contributed by atoms with Crippen LogP contribution in [0.4, 0.5) is 4.39 Å². The van der Waals surface area contributed by atoms with E-state index in [-0.39, 0.29) is 11.9 Å². The molecule has 0 bridgehead atoms. The van der Waals surface area contributed by atoms with Crippen LogP contribution in [0, 0.1) is 8.70 Å². The van der Waals surface area contributed by atoms with Gasteiger partial charge in [-0.3, -0.25) is 0 Å². The van der Waals surface area contributed by atoms with Crippen molar-refractivity contribution in [2.45, 2.75) is 6.04 Å². The SMILES string of the molecule is CNC(c1csc(I)c1)c1cc(F)ccc1OC. The van der Waals surface area contributed by atoms with E-state index in [1.54, 1.807) is 24.5 Å². The molecule has 0 aliphatic heterocycles. The predicted octanol–water partition coefficient (Wildman–Crippen LogP) is 3.81. The van der Waals surface area contributed by atoms with E-state index in [9.17, 15) is 4.39 Å². The molecule has 1 unspecified atom stereocenters. The van der Waals surface area contributed by atoms with E-state index in [1.165, 1.54) is 15.0 Å². The quantitative estimate of drug-likeness (QED) is 0.819. The normalized spacial score (nSPS) is 12.4. The summed E-state index contributed by atoms with van der Waals surface area (Å²) in [5.41, 5.74) is 1.94. The van der Waals surface area contributed by atoms with Crippen molar-refractivity contribution in [1.29, 1.82) is 0 Å². The van der Waals surface area contributed by atoms with Gasteiger partial charge in [0.1, 0.15) is 11.6 Å². The van der Waals surface area contributed by atoms with Crippen LogP contribution in [0.2, 0.25) is 0 Å². The molecule has 1 N–H and O–H groups in total. The third kappa shape index (κ3) is 2.84. The molecule has 0 aliphatic carbocycles. The number of rotatable bonds is 4. The number of halogens is 2. The molecular weight excluding hydrogens is 364 g/mol. The smallest absolute Gasteiger partial charge is 0.124 e. The van der Waals surface area contributed by atoms with E-state index >= 15 is 0 Å². The Morgan fingerprint density at radius 2 is 2.17 bits per heavy atom. The van der Waals surface area contributed by atoms with Crippen LogP contribution in [0.25, 0.3) is 0 Å². The lowest BCUT2D eigenvalue weighted by molar-refractivity contribution is 0.404. The number of ether oxygens (including phenoxy) is 1. The monoisotopic (exact) mass is 377 g/mol. The van der Waals surface area contributed by atoms with Crippen LogP contribution in [0.15, 0.2) is 29.6 Å². The Kier molecular flexibility index (Phi) is 4.58. The second-order valence-electron chi connectivity index (χ2n) is 3.79. The molecule has 0 amide bonds. The molecule has 0 aliphatic rings. The molecule has 1 heterocycles. The summed E-state index contributed by atoms with van der Waals surface area (Å²) in [4.78, 5) is 0. The molecule has 1 atom stereocenters. The maximum Gasteiger partial charge on any atom is 0.124 e. The molecule has 2 nitrogen and oxygen atoms in total. The van der Waals surface area contributed by atoms with Crippen molar-refractivity contribution in [2.75, 3.05) is 14.2 Å². The highest BCUT2D eigenvalue weighted by atomic mass is 127. The fourth-order valence-electron chi connectivity index (χ4n) is 1.91. The number of thiophene rings is 1. The van der Waals surface area contributed by atoms with E-state index in [0.717, 1.165) is 11.1 Å². The third-order valence-electron chi connectivity index (χ3n) is 2.71. The summed E-state index contributed by atoms with van der Waals surface area (Å²) in [6, 6.07) is 6.62. The van der Waals surface area contributed by atoms with Crippen LogP contribution in [-0.4, -0.2) is 14.2 Å². The zero-order chi connectivity index (χ0) is 13.1. The molecule has 18 heavy (non-hydrogen) atoms. The fraction of sp³-hybridized carbons (Fsp3) is 0.231. The molecule has 96 valence electrons. The summed E-state index contributed by atoms with van der Waals surface area (Å²) in [5.74, 6) is 0.438. The molecule has 0 fully saturated rings. The van der Waals surface area contributed by atoms with Gasteiger partial charge in [0, 0.05) is 5.56 Å². The van der Waals surface area contributed by atoms with Crippen LogP contribution in [0.3, 0.4) is 0 Å². The van der Waals surface area contributed by atoms with E-state index in [4.69, 9.17) is 4.74 Å². The van der Waals surface area contributed by atoms with Gasteiger partial charge in [-0.2, -0.15) is 0 Å². The first-order valence-corrected chi connectivity index (χ1v) is 7.36. The Morgan fingerprint density at radius 1 is 1.39 bits per heavy atom. The van der Waals surface area contributed by atoms with Gasteiger partial charge in [0.05, 0.1) is 16.0 Å². The Morgan fingerprint density at radius 3 is 2.72 bits per heavy atom. The largest absolute Gasteiger partial charge is 0.496 e. The second-order valence-corrected chi connectivity index (χ2v) is 6.60. The fourth-order valence-corrected chi connectivity index (χ4v) is 3.31. The molecule has 0 saturated carbocycles. The Balaban J connectivity index is 2.47. The van der Waals surface area contributed by atoms with E-state index < -0.39 is 0 Å². The molecule has 1 aromatic carbocycles. The number of hydrogen-bond donors (Lipinski definition) is 1. The van der Waals surface area contributed by atoms with Crippen molar-refractivity contribution in [3.63, 3.8) is 0 Å². The first-order chi connectivity index (χ1) is 8.65. The van der Waals surface area contributed by atoms with Crippen molar-refractivity contribution in [1.82, 2.24) is 5.32 Å². The van der Waals surface area contributed by atoms with Crippen LogP contribution in [0.5, 0.6) is 5.75 Å². The van der Waals surface area contributed by atoms with Crippen molar-refractivity contribution < 1.29 is 9.13 Å². The van der Waals surface area contributed by atoms with Gasteiger partial charge in [-0.25, -0.2) is 4.39 Å². The number of benzene rings is 1. The zero-order valence-corrected chi connectivity index (χ0v) is 13.0. The van der Waals surface area contributed by atoms with Crippen molar-refractivity contribution in [3.8, 4) is 5.75 Å². The topological polar surface area (TPSA) is 21.3 Å². The Labute approximate surface area is 123 Å². The minimum absolute atomic E-state index is 0.0598. The third-order valence-corrected chi connectivity index (χ3v) is 4.52. The van der Waals surface area contributed by atoms with Gasteiger partial charge < -0.3 is 10.1 Å². The Hall–Kier alpha value is -0.660. The van der Waals surface area contributed by atoms with Gasteiger partial charge in [-0.1, -0.05) is 0 Å². The average molecular weight is 377 g/mol. The van der Waals surface area contributed by atoms with Crippen LogP contribution in [-0.2, 0) is 0 Å². The van der Waals surface area contributed by atoms with E-state index in [2.05, 4.69) is 39.4 Å². The maximum absolute atomic E-state index is 13.4. The highest BCUT2D eigenvalue weighted by Gasteiger charge is 2.18. The summed E-state index contributed by atoms with van der Waals surface area (Å²) in [5, 5.41) is 5.28. The van der Waals surface area contributed by atoms with Gasteiger partial charge in [0.25, 0.3) is 0 Å². The van der Waals surface area contributed by atoms with Gasteiger partial charge >= 0.3 is 0 Å². The zero-order valence-electron chi connectivity index (χ0n) is 10.0. The van der Waals surface area contributed by atoms with Crippen molar-refractivity contribution in [2.24, 2.45) is 0 Å². The second kappa shape index (κ2) is 5.99. The summed E-state index contributed by atoms with van der Waals surface area (Å²) in [6.07, 6.45) is 0. The lowest BCUT2D eigenvalue weighted by Gasteiger charge is -2.18. The lowest BCUT2D eigenvalue weighted by atomic mass is 10.0. The van der Waals surface area contributed by atoms with Gasteiger partial charge in [-0.15, -0.1) is 11.3 Å². The average Bonchev–Trinajstić information content (AvgIpc) is 2.77. The van der Waals surface area contributed by atoms with Gasteiger partial charge in [-0.05, 0) is 64.8 Å². The predicted molar refractivity (Wildman–Crippen MR) is 80.9 cm³/mol. The van der Waals surface area contributed by atoms with Crippen LogP contribution in [0.1, 0.15) is 17.2 Å². The van der Waals surface area contributed by atoms with Crippen LogP contribution >= 0.6 is 33.9 Å². The molecule has 5 heteroatoms. The minimum atomic E-state index is -0.254. The highest BCUT2D eigenvalue weighted by molar-refractivity contribution is 14.1. The Bertz CT molecular complexity index is 544. The number of methoxy groups -OCH3 is 1. The first kappa shape index (κ1) is 13.8. The summed E-state index contributed by atoms with van der Waals surface area (Å²) < 4.78 is 19.9. The minimum Gasteiger partial charge on any atom is -0.496 e. The highest BCUT2D eigenvalue weighted by Crippen LogP contribution is 2.32. The summed E-state index contributed by atoms with van der Waals surface area (Å²) in [7, 11) is 3.46. The maximum atomic E-state index is 13.4. The molecular formula is C13H13FINOS. The molecule has 0 spiro atoms. The van der Waals surface area contributed by atoms with Crippen molar-refractivity contribution in [3.05, 3.63) is 49.5 Å². The molecule has 2 rings (SSSR count). The molecule has 2 aromatic rings. The molecule has 1 aromatic heterocycles. The van der Waals surface area contributed by atoms with Crippen LogP contribution < -0.4 is 10.1 Å². The number of hydrogen-bond acceptors (Lipinski definition) is 3. The van der Waals surface area contributed by atoms with Crippen molar-refractivity contribution >= 4 is 33.9 Å². The lowest BCUT2D eigenvalue weighted by Crippen LogP contribution is -2.18. The first-order valence-electron chi connectivity index (χ1n) is 5.40. The summed E-state index contributed by atoms with van der Waals surface area (Å²) >= 11 is 3.95. The van der Waals surface area contributed by atoms with Gasteiger partial charge in [0.15, 0.2) is 0 Å². The van der Waals surface area contributed by atoms with Gasteiger partial charge in [0.2, 0.25) is 0 Å². The van der Waals surface area contributed by atoms with E-state index in [1.807, 2.05) is 7.05 Å². The summed E-state index contributed by atoms with van der Waals surface area (Å²) in [6.45, 7) is 0. The number of nitrogens with one attached hydrogen (secondary N) is 1.